The van der Waals surface area contributed by atoms with Crippen LogP contribution in [0.4, 0.5) is 4.39 Å². The van der Waals surface area contributed by atoms with Crippen LogP contribution in [0.1, 0.15) is 5.56 Å². The molecule has 78 valence electrons. The van der Waals surface area contributed by atoms with Crippen LogP contribution < -0.4 is 5.43 Å². The highest BCUT2D eigenvalue weighted by atomic mass is 79.9. The van der Waals surface area contributed by atoms with E-state index in [1.54, 1.807) is 6.07 Å². The minimum atomic E-state index is -0.230. The van der Waals surface area contributed by atoms with E-state index in [2.05, 4.69) is 21.4 Å². The van der Waals surface area contributed by atoms with Crippen LogP contribution in [0.2, 0.25) is 0 Å². The molecule has 1 aromatic heterocycles. The van der Waals surface area contributed by atoms with E-state index in [1.807, 2.05) is 29.2 Å². The van der Waals surface area contributed by atoms with E-state index in [9.17, 15) is 4.39 Å². The van der Waals surface area contributed by atoms with Crippen LogP contribution in [0.25, 0.3) is 0 Å². The molecule has 0 saturated heterocycles. The predicted molar refractivity (Wildman–Crippen MR) is 61.6 cm³/mol. The molecule has 0 bridgehead atoms. The van der Waals surface area contributed by atoms with Gasteiger partial charge in [0.15, 0.2) is 0 Å². The summed E-state index contributed by atoms with van der Waals surface area (Å²) in [4.78, 5) is 0. The van der Waals surface area contributed by atoms with E-state index in [-0.39, 0.29) is 5.82 Å². The second-order valence-corrected chi connectivity index (χ2v) is 4.02. The van der Waals surface area contributed by atoms with Crippen molar-refractivity contribution in [1.29, 1.82) is 0 Å². The van der Waals surface area contributed by atoms with Crippen LogP contribution in [0, 0.1) is 5.82 Å². The van der Waals surface area contributed by atoms with E-state index in [0.29, 0.717) is 6.54 Å². The summed E-state index contributed by atoms with van der Waals surface area (Å²) in [6.07, 6.45) is 3.83. The summed E-state index contributed by atoms with van der Waals surface area (Å²) in [5.74, 6) is -0.230. The van der Waals surface area contributed by atoms with Gasteiger partial charge in [0, 0.05) is 16.9 Å². The van der Waals surface area contributed by atoms with Gasteiger partial charge < -0.3 is 5.43 Å². The van der Waals surface area contributed by atoms with Crippen LogP contribution in [0.3, 0.4) is 0 Å². The Kier molecular flexibility index (Phi) is 3.06. The van der Waals surface area contributed by atoms with Gasteiger partial charge in [0.25, 0.3) is 0 Å². The third-order valence-electron chi connectivity index (χ3n) is 2.07. The molecule has 0 atom stereocenters. The van der Waals surface area contributed by atoms with Crippen LogP contribution >= 0.6 is 15.9 Å². The molecule has 0 aliphatic carbocycles. The topological polar surface area (TPSA) is 17.0 Å². The Hall–Kier alpha value is -1.29. The monoisotopic (exact) mass is 268 g/mol. The molecule has 0 fully saturated rings. The fourth-order valence-electron chi connectivity index (χ4n) is 1.28. The summed E-state index contributed by atoms with van der Waals surface area (Å²) < 4.78 is 15.4. The third-order valence-corrected chi connectivity index (χ3v) is 2.81. The van der Waals surface area contributed by atoms with E-state index in [4.69, 9.17) is 0 Å². The van der Waals surface area contributed by atoms with E-state index in [0.717, 1.165) is 10.0 Å². The number of hydrogen-bond donors (Lipinski definition) is 1. The molecule has 0 amide bonds. The van der Waals surface area contributed by atoms with E-state index >= 15 is 0 Å². The maximum Gasteiger partial charge on any atom is 0.124 e. The average Bonchev–Trinajstić information content (AvgIpc) is 2.69. The summed E-state index contributed by atoms with van der Waals surface area (Å²) in [7, 11) is 0. The van der Waals surface area contributed by atoms with Gasteiger partial charge in [-0.25, -0.2) is 4.39 Å². The molecule has 2 nitrogen and oxygen atoms in total. The minimum absolute atomic E-state index is 0.230. The number of nitrogens with zero attached hydrogens (tertiary/aromatic N) is 1. The molecular formula is C11H10BrFN2. The van der Waals surface area contributed by atoms with Gasteiger partial charge in [0.2, 0.25) is 0 Å². The van der Waals surface area contributed by atoms with Gasteiger partial charge in [-0.2, -0.15) is 0 Å². The van der Waals surface area contributed by atoms with Crippen molar-refractivity contribution in [2.24, 2.45) is 0 Å². The molecule has 1 aromatic carbocycles. The number of aromatic nitrogens is 1. The highest BCUT2D eigenvalue weighted by molar-refractivity contribution is 9.10. The molecule has 0 spiro atoms. The molecule has 2 rings (SSSR count). The van der Waals surface area contributed by atoms with E-state index in [1.165, 1.54) is 12.1 Å². The van der Waals surface area contributed by atoms with Crippen molar-refractivity contribution >= 4 is 15.9 Å². The fourth-order valence-corrected chi connectivity index (χ4v) is 1.77. The largest absolute Gasteiger partial charge is 0.322 e. The molecule has 1 N–H and O–H groups in total. The van der Waals surface area contributed by atoms with Gasteiger partial charge in [-0.05, 0) is 29.8 Å². The zero-order valence-electron chi connectivity index (χ0n) is 7.95. The zero-order valence-corrected chi connectivity index (χ0v) is 9.54. The van der Waals surface area contributed by atoms with E-state index < -0.39 is 0 Å². The van der Waals surface area contributed by atoms with Crippen molar-refractivity contribution in [3.63, 3.8) is 0 Å². The Bertz CT molecular complexity index is 440. The molecule has 0 aliphatic heterocycles. The first-order valence-electron chi connectivity index (χ1n) is 4.56. The number of benzene rings is 1. The van der Waals surface area contributed by atoms with Crippen molar-refractivity contribution in [1.82, 2.24) is 4.68 Å². The Labute approximate surface area is 95.8 Å². The molecule has 1 heterocycles. The Morgan fingerprint density at radius 1 is 1.27 bits per heavy atom. The molecule has 0 aliphatic rings. The van der Waals surface area contributed by atoms with Crippen molar-refractivity contribution < 1.29 is 4.39 Å². The van der Waals surface area contributed by atoms with Crippen molar-refractivity contribution in [2.45, 2.75) is 6.54 Å². The van der Waals surface area contributed by atoms with Gasteiger partial charge in [-0.3, -0.25) is 4.68 Å². The Morgan fingerprint density at radius 3 is 2.67 bits per heavy atom. The van der Waals surface area contributed by atoms with Crippen LogP contribution in [-0.2, 0) is 6.54 Å². The number of nitrogens with one attached hydrogen (secondary N) is 1. The van der Waals surface area contributed by atoms with Crippen LogP contribution in [-0.4, -0.2) is 4.68 Å². The second-order valence-electron chi connectivity index (χ2n) is 3.16. The van der Waals surface area contributed by atoms with Crippen molar-refractivity contribution in [3.8, 4) is 0 Å². The zero-order chi connectivity index (χ0) is 10.7. The molecular weight excluding hydrogens is 259 g/mol. The third kappa shape index (κ3) is 2.59. The Morgan fingerprint density at radius 2 is 2.00 bits per heavy atom. The first kappa shape index (κ1) is 10.2. The maximum absolute atomic E-state index is 12.8. The maximum atomic E-state index is 12.8. The minimum Gasteiger partial charge on any atom is -0.322 e. The molecule has 4 heteroatoms. The number of halogens is 2. The summed E-state index contributed by atoms with van der Waals surface area (Å²) >= 11 is 3.32. The quantitative estimate of drug-likeness (QED) is 0.905. The molecule has 2 aromatic rings. The molecule has 0 saturated carbocycles. The highest BCUT2D eigenvalue weighted by Gasteiger charge is 2.00. The predicted octanol–water partition coefficient (Wildman–Crippen LogP) is 3.13. The van der Waals surface area contributed by atoms with Gasteiger partial charge in [-0.1, -0.05) is 22.0 Å². The lowest BCUT2D eigenvalue weighted by Gasteiger charge is -2.08. The first-order chi connectivity index (χ1) is 7.25. The fraction of sp³-hybridized carbons (Fsp3) is 0.0909. The van der Waals surface area contributed by atoms with Gasteiger partial charge in [-0.15, -0.1) is 0 Å². The lowest BCUT2D eigenvalue weighted by molar-refractivity contribution is 0.626. The van der Waals surface area contributed by atoms with Crippen molar-refractivity contribution in [2.75, 3.05) is 5.43 Å². The van der Waals surface area contributed by atoms with Crippen LogP contribution in [0.15, 0.2) is 47.2 Å². The van der Waals surface area contributed by atoms with Crippen LogP contribution in [0.5, 0.6) is 0 Å². The highest BCUT2D eigenvalue weighted by Crippen LogP contribution is 2.17. The smallest absolute Gasteiger partial charge is 0.124 e. The lowest BCUT2D eigenvalue weighted by atomic mass is 10.2. The first-order valence-corrected chi connectivity index (χ1v) is 5.36. The normalized spacial score (nSPS) is 10.3. The van der Waals surface area contributed by atoms with Gasteiger partial charge in [0.05, 0.1) is 6.54 Å². The summed E-state index contributed by atoms with van der Waals surface area (Å²) in [6, 6.07) is 8.55. The summed E-state index contributed by atoms with van der Waals surface area (Å²) in [6.45, 7) is 0.648. The molecule has 0 radical (unpaired) electrons. The average molecular weight is 269 g/mol. The van der Waals surface area contributed by atoms with Gasteiger partial charge in [0.1, 0.15) is 5.82 Å². The second kappa shape index (κ2) is 4.49. The number of hydrogen-bond acceptors (Lipinski definition) is 1. The molecule has 0 unspecified atom stereocenters. The van der Waals surface area contributed by atoms with Crippen molar-refractivity contribution in [3.05, 3.63) is 58.6 Å². The summed E-state index contributed by atoms with van der Waals surface area (Å²) in [5, 5.41) is 0. The lowest BCUT2D eigenvalue weighted by Crippen LogP contribution is -2.12. The molecule has 15 heavy (non-hydrogen) atoms. The van der Waals surface area contributed by atoms with Gasteiger partial charge >= 0.3 is 0 Å². The SMILES string of the molecule is Fc1ccc(CNn2cccc2)c(Br)c1. The summed E-state index contributed by atoms with van der Waals surface area (Å²) in [5.41, 5.74) is 4.18. The Balaban J connectivity index is 2.05. The standard InChI is InChI=1S/C11H10BrFN2/c12-11-7-10(13)4-3-9(11)8-14-15-5-1-2-6-15/h1-7,14H,8H2. The number of rotatable bonds is 3.